The molecular formula is C15H28N2O2. The smallest absolute Gasteiger partial charge is 0.0741 e. The van der Waals surface area contributed by atoms with Gasteiger partial charge in [0.25, 0.3) is 0 Å². The molecule has 3 unspecified atom stereocenters. The van der Waals surface area contributed by atoms with Gasteiger partial charge < -0.3 is 15.2 Å². The average Bonchev–Trinajstić information content (AvgIpc) is 2.38. The highest BCUT2D eigenvalue weighted by atomic mass is 16.5. The van der Waals surface area contributed by atoms with E-state index in [9.17, 15) is 0 Å². The molecule has 0 bridgehead atoms. The van der Waals surface area contributed by atoms with Gasteiger partial charge in [0, 0.05) is 45.0 Å². The van der Waals surface area contributed by atoms with Gasteiger partial charge >= 0.3 is 0 Å². The zero-order valence-corrected chi connectivity index (χ0v) is 12.1. The monoisotopic (exact) mass is 268 g/mol. The fourth-order valence-corrected chi connectivity index (χ4v) is 4.15. The second-order valence-corrected chi connectivity index (χ2v) is 6.85. The van der Waals surface area contributed by atoms with Crippen LogP contribution in [0.2, 0.25) is 0 Å². The maximum Gasteiger partial charge on any atom is 0.0741 e. The molecule has 4 heteroatoms. The van der Waals surface area contributed by atoms with Crippen molar-refractivity contribution in [2.24, 2.45) is 11.7 Å². The number of nitrogens with two attached hydrogens (primary N) is 1. The minimum absolute atomic E-state index is 0.103. The van der Waals surface area contributed by atoms with Gasteiger partial charge in [-0.25, -0.2) is 0 Å². The van der Waals surface area contributed by atoms with E-state index >= 15 is 0 Å². The van der Waals surface area contributed by atoms with Gasteiger partial charge in [-0.15, -0.1) is 0 Å². The van der Waals surface area contributed by atoms with E-state index in [0.29, 0.717) is 12.1 Å². The highest BCUT2D eigenvalue weighted by Crippen LogP contribution is 2.37. The molecule has 110 valence electrons. The summed E-state index contributed by atoms with van der Waals surface area (Å²) in [6, 6.07) is 1.03. The van der Waals surface area contributed by atoms with Crippen LogP contribution in [0.15, 0.2) is 0 Å². The van der Waals surface area contributed by atoms with E-state index in [1.54, 1.807) is 0 Å². The Morgan fingerprint density at radius 1 is 1.16 bits per heavy atom. The van der Waals surface area contributed by atoms with Crippen LogP contribution >= 0.6 is 0 Å². The number of hydrogen-bond acceptors (Lipinski definition) is 4. The van der Waals surface area contributed by atoms with Crippen LogP contribution in [0.25, 0.3) is 0 Å². The average molecular weight is 268 g/mol. The Labute approximate surface area is 116 Å². The third kappa shape index (κ3) is 3.13. The largest absolute Gasteiger partial charge is 0.381 e. The highest BCUT2D eigenvalue weighted by molar-refractivity contribution is 4.94. The van der Waals surface area contributed by atoms with Crippen molar-refractivity contribution in [1.29, 1.82) is 0 Å². The molecule has 0 aromatic carbocycles. The van der Waals surface area contributed by atoms with Crippen molar-refractivity contribution in [3.05, 3.63) is 0 Å². The van der Waals surface area contributed by atoms with Crippen molar-refractivity contribution in [2.75, 3.05) is 32.9 Å². The Balaban J connectivity index is 1.64. The van der Waals surface area contributed by atoms with Crippen LogP contribution in [0.1, 0.15) is 39.0 Å². The summed E-state index contributed by atoms with van der Waals surface area (Å²) in [5.41, 5.74) is 6.30. The molecule has 4 nitrogen and oxygen atoms in total. The maximum absolute atomic E-state index is 6.20. The van der Waals surface area contributed by atoms with Crippen LogP contribution in [0.4, 0.5) is 0 Å². The van der Waals surface area contributed by atoms with Crippen LogP contribution in [-0.4, -0.2) is 55.5 Å². The Bertz CT molecular complexity index is 289. The summed E-state index contributed by atoms with van der Waals surface area (Å²) < 4.78 is 11.6. The van der Waals surface area contributed by atoms with E-state index in [4.69, 9.17) is 15.2 Å². The first-order valence-electron chi connectivity index (χ1n) is 7.88. The Hall–Kier alpha value is -0.160. The van der Waals surface area contributed by atoms with Gasteiger partial charge in [-0.3, -0.25) is 4.90 Å². The van der Waals surface area contributed by atoms with Gasteiger partial charge in [0.1, 0.15) is 0 Å². The van der Waals surface area contributed by atoms with Crippen LogP contribution in [0.3, 0.4) is 0 Å². The minimum atomic E-state index is 0.103. The Morgan fingerprint density at radius 3 is 2.68 bits per heavy atom. The van der Waals surface area contributed by atoms with Crippen LogP contribution in [0.5, 0.6) is 0 Å². The molecule has 0 aliphatic carbocycles. The molecule has 0 radical (unpaired) electrons. The Kier molecular flexibility index (Phi) is 4.13. The normalized spacial score (nSPS) is 40.4. The first-order chi connectivity index (χ1) is 9.17. The molecule has 3 heterocycles. The van der Waals surface area contributed by atoms with Gasteiger partial charge in [-0.05, 0) is 38.0 Å². The van der Waals surface area contributed by atoms with E-state index in [1.807, 2.05) is 0 Å². The van der Waals surface area contributed by atoms with Crippen molar-refractivity contribution in [3.8, 4) is 0 Å². The molecule has 3 aliphatic heterocycles. The minimum Gasteiger partial charge on any atom is -0.381 e. The van der Waals surface area contributed by atoms with Crippen LogP contribution in [-0.2, 0) is 9.47 Å². The molecule has 0 aromatic heterocycles. The SMILES string of the molecule is CC1CC(N)CN(C2CCOC3(CCOCC3)C2)C1. The fourth-order valence-electron chi connectivity index (χ4n) is 4.15. The molecular weight excluding hydrogens is 240 g/mol. The standard InChI is InChI=1S/C15H28N2O2/c1-12-8-13(16)11-17(10-12)14-2-5-19-15(9-14)3-6-18-7-4-15/h12-14H,2-11,16H2,1H3. The summed E-state index contributed by atoms with van der Waals surface area (Å²) >= 11 is 0. The summed E-state index contributed by atoms with van der Waals surface area (Å²) in [5.74, 6) is 0.734. The lowest BCUT2D eigenvalue weighted by atomic mass is 9.82. The van der Waals surface area contributed by atoms with Crippen molar-refractivity contribution in [1.82, 2.24) is 4.90 Å². The summed E-state index contributed by atoms with van der Waals surface area (Å²) in [6.07, 6.45) is 5.66. The van der Waals surface area contributed by atoms with E-state index in [2.05, 4.69) is 11.8 Å². The number of hydrogen-bond donors (Lipinski definition) is 1. The van der Waals surface area contributed by atoms with Crippen LogP contribution in [0, 0.1) is 5.92 Å². The number of ether oxygens (including phenoxy) is 2. The quantitative estimate of drug-likeness (QED) is 0.780. The van der Waals surface area contributed by atoms with Gasteiger partial charge in [-0.1, -0.05) is 6.92 Å². The summed E-state index contributed by atoms with van der Waals surface area (Å²) in [7, 11) is 0. The molecule has 2 N–H and O–H groups in total. The van der Waals surface area contributed by atoms with E-state index in [1.165, 1.54) is 25.8 Å². The van der Waals surface area contributed by atoms with Crippen molar-refractivity contribution < 1.29 is 9.47 Å². The molecule has 19 heavy (non-hydrogen) atoms. The topological polar surface area (TPSA) is 47.7 Å². The molecule has 3 saturated heterocycles. The zero-order valence-electron chi connectivity index (χ0n) is 12.1. The molecule has 0 saturated carbocycles. The molecule has 0 aromatic rings. The van der Waals surface area contributed by atoms with Gasteiger partial charge in [0.05, 0.1) is 5.60 Å². The predicted octanol–water partition coefficient (Wildman–Crippen LogP) is 1.38. The first kappa shape index (κ1) is 13.8. The van der Waals surface area contributed by atoms with Gasteiger partial charge in [0.2, 0.25) is 0 Å². The van der Waals surface area contributed by atoms with Crippen molar-refractivity contribution >= 4 is 0 Å². The predicted molar refractivity (Wildman–Crippen MR) is 75.1 cm³/mol. The summed E-state index contributed by atoms with van der Waals surface area (Å²) in [6.45, 7) is 7.25. The van der Waals surface area contributed by atoms with E-state index in [0.717, 1.165) is 45.1 Å². The maximum atomic E-state index is 6.20. The Morgan fingerprint density at radius 2 is 1.95 bits per heavy atom. The molecule has 3 fully saturated rings. The summed E-state index contributed by atoms with van der Waals surface area (Å²) in [5, 5.41) is 0. The lowest BCUT2D eigenvalue weighted by Crippen LogP contribution is -2.56. The fraction of sp³-hybridized carbons (Fsp3) is 1.00. The van der Waals surface area contributed by atoms with Crippen molar-refractivity contribution in [3.63, 3.8) is 0 Å². The summed E-state index contributed by atoms with van der Waals surface area (Å²) in [4.78, 5) is 2.64. The zero-order chi connectivity index (χ0) is 13.3. The molecule has 0 amide bonds. The van der Waals surface area contributed by atoms with Crippen molar-refractivity contribution in [2.45, 2.75) is 56.7 Å². The van der Waals surface area contributed by atoms with E-state index in [-0.39, 0.29) is 5.60 Å². The molecule has 3 rings (SSSR count). The lowest BCUT2D eigenvalue weighted by Gasteiger charge is -2.48. The highest BCUT2D eigenvalue weighted by Gasteiger charge is 2.41. The number of rotatable bonds is 1. The second kappa shape index (κ2) is 5.68. The van der Waals surface area contributed by atoms with Gasteiger partial charge in [-0.2, -0.15) is 0 Å². The second-order valence-electron chi connectivity index (χ2n) is 6.85. The van der Waals surface area contributed by atoms with Crippen LogP contribution < -0.4 is 5.73 Å². The van der Waals surface area contributed by atoms with Gasteiger partial charge in [0.15, 0.2) is 0 Å². The number of piperidine rings is 1. The first-order valence-corrected chi connectivity index (χ1v) is 7.88. The molecule has 3 aliphatic rings. The third-order valence-electron chi connectivity index (χ3n) is 5.11. The third-order valence-corrected chi connectivity index (χ3v) is 5.11. The molecule has 3 atom stereocenters. The molecule has 1 spiro atoms. The lowest BCUT2D eigenvalue weighted by molar-refractivity contribution is -0.153. The van der Waals surface area contributed by atoms with E-state index < -0.39 is 0 Å². The number of likely N-dealkylation sites (tertiary alicyclic amines) is 1. The number of nitrogens with zero attached hydrogens (tertiary/aromatic N) is 1.